The van der Waals surface area contributed by atoms with Crippen LogP contribution in [0.5, 0.6) is 0 Å². The van der Waals surface area contributed by atoms with Gasteiger partial charge in [0.1, 0.15) is 5.69 Å². The van der Waals surface area contributed by atoms with Gasteiger partial charge in [0, 0.05) is 13.1 Å². The molecule has 2 aromatic heterocycles. The highest BCUT2D eigenvalue weighted by atomic mass is 16.3. The van der Waals surface area contributed by atoms with E-state index in [0.29, 0.717) is 36.8 Å². The van der Waals surface area contributed by atoms with Gasteiger partial charge in [0.15, 0.2) is 5.65 Å². The van der Waals surface area contributed by atoms with Crippen LogP contribution in [0.3, 0.4) is 0 Å². The maximum atomic E-state index is 12.3. The van der Waals surface area contributed by atoms with Gasteiger partial charge in [-0.1, -0.05) is 27.7 Å². The van der Waals surface area contributed by atoms with Crippen LogP contribution in [0.1, 0.15) is 56.2 Å². The van der Waals surface area contributed by atoms with E-state index < -0.39 is 6.10 Å². The van der Waals surface area contributed by atoms with Gasteiger partial charge < -0.3 is 10.0 Å². The first-order chi connectivity index (χ1) is 10.5. The van der Waals surface area contributed by atoms with E-state index in [0.717, 1.165) is 5.69 Å². The molecule has 1 atom stereocenters. The second kappa shape index (κ2) is 6.87. The Kier molecular flexibility index (Phi) is 5.13. The zero-order chi connectivity index (χ0) is 16.3. The molecule has 0 spiro atoms. The molecular weight excluding hydrogens is 280 g/mol. The average molecular weight is 304 g/mol. The molecule has 0 radical (unpaired) electrons. The summed E-state index contributed by atoms with van der Waals surface area (Å²) in [5.41, 5.74) is 2.01. The van der Waals surface area contributed by atoms with Crippen LogP contribution < -0.4 is 0 Å². The van der Waals surface area contributed by atoms with E-state index in [-0.39, 0.29) is 5.91 Å². The number of hydrogen-bond acceptors (Lipinski definition) is 4. The van der Waals surface area contributed by atoms with Crippen LogP contribution >= 0.6 is 0 Å². The molecule has 0 aliphatic carbocycles. The van der Waals surface area contributed by atoms with E-state index >= 15 is 0 Å². The van der Waals surface area contributed by atoms with Crippen molar-refractivity contribution in [1.82, 2.24) is 19.5 Å². The van der Waals surface area contributed by atoms with E-state index in [2.05, 4.69) is 23.9 Å². The first-order valence-corrected chi connectivity index (χ1v) is 7.88. The Hall–Kier alpha value is -1.95. The summed E-state index contributed by atoms with van der Waals surface area (Å²) >= 11 is 0. The lowest BCUT2D eigenvalue weighted by molar-refractivity contribution is 0.0760. The molecule has 1 aliphatic heterocycles. The van der Waals surface area contributed by atoms with Crippen molar-refractivity contribution in [1.29, 1.82) is 0 Å². The number of β-amino-alcohol motifs (C(OH)–C–C–N with tert-alkyl or cyclic N) is 1. The van der Waals surface area contributed by atoms with Crippen LogP contribution in [-0.2, 0) is 0 Å². The molecule has 6 nitrogen and oxygen atoms in total. The van der Waals surface area contributed by atoms with Crippen molar-refractivity contribution in [3.63, 3.8) is 0 Å². The number of imidazole rings is 1. The van der Waals surface area contributed by atoms with Crippen molar-refractivity contribution in [3.05, 3.63) is 29.7 Å². The Labute approximate surface area is 130 Å². The summed E-state index contributed by atoms with van der Waals surface area (Å²) in [6.07, 6.45) is 1.88. The lowest BCUT2D eigenvalue weighted by Crippen LogP contribution is -2.29. The molecule has 120 valence electrons. The minimum Gasteiger partial charge on any atom is -0.391 e. The number of hydrogen-bond donors (Lipinski definition) is 1. The van der Waals surface area contributed by atoms with Crippen LogP contribution in [0.15, 0.2) is 18.3 Å². The van der Waals surface area contributed by atoms with E-state index in [9.17, 15) is 9.90 Å². The maximum Gasteiger partial charge on any atom is 0.274 e. The summed E-state index contributed by atoms with van der Waals surface area (Å²) in [5.74, 6) is 0.188. The Morgan fingerprint density at radius 1 is 1.36 bits per heavy atom. The number of aliphatic hydroxyl groups excluding tert-OH is 1. The van der Waals surface area contributed by atoms with Gasteiger partial charge in [0.05, 0.1) is 18.0 Å². The molecule has 2 aromatic rings. The van der Waals surface area contributed by atoms with Crippen LogP contribution in [0, 0.1) is 0 Å². The Bertz CT molecular complexity index is 651. The summed E-state index contributed by atoms with van der Waals surface area (Å²) in [7, 11) is 0. The Morgan fingerprint density at radius 2 is 2.09 bits per heavy atom. The van der Waals surface area contributed by atoms with Gasteiger partial charge in [-0.2, -0.15) is 5.10 Å². The minimum atomic E-state index is -0.415. The summed E-state index contributed by atoms with van der Waals surface area (Å²) in [6, 6.07) is 3.80. The van der Waals surface area contributed by atoms with Crippen molar-refractivity contribution in [2.45, 2.75) is 46.1 Å². The molecule has 22 heavy (non-hydrogen) atoms. The number of likely N-dealkylation sites (tertiary alicyclic amines) is 1. The molecule has 1 amide bonds. The SMILES string of the molecule is CC.CC(C)c1ccc2nc(C(=O)N3CCC(O)C3)cn2n1. The lowest BCUT2D eigenvalue weighted by Gasteiger charge is -2.13. The predicted octanol–water partition coefficient (Wildman–Crippen LogP) is 2.09. The number of nitrogens with zero attached hydrogens (tertiary/aromatic N) is 4. The van der Waals surface area contributed by atoms with Gasteiger partial charge >= 0.3 is 0 Å². The lowest BCUT2D eigenvalue weighted by atomic mass is 10.1. The fourth-order valence-corrected chi connectivity index (χ4v) is 2.40. The summed E-state index contributed by atoms with van der Waals surface area (Å²) < 4.78 is 1.65. The highest BCUT2D eigenvalue weighted by Gasteiger charge is 2.27. The van der Waals surface area contributed by atoms with Crippen molar-refractivity contribution < 1.29 is 9.90 Å². The highest BCUT2D eigenvalue weighted by Crippen LogP contribution is 2.15. The van der Waals surface area contributed by atoms with Crippen LogP contribution in [0.25, 0.3) is 5.65 Å². The monoisotopic (exact) mass is 304 g/mol. The van der Waals surface area contributed by atoms with Gasteiger partial charge in [-0.15, -0.1) is 0 Å². The molecule has 1 N–H and O–H groups in total. The summed E-state index contributed by atoms with van der Waals surface area (Å²) in [5, 5.41) is 14.0. The molecule has 3 heterocycles. The molecule has 6 heteroatoms. The molecule has 1 saturated heterocycles. The van der Waals surface area contributed by atoms with Gasteiger partial charge in [-0.05, 0) is 24.5 Å². The number of carbonyl (C=O) groups is 1. The minimum absolute atomic E-state index is 0.141. The number of rotatable bonds is 2. The zero-order valence-corrected chi connectivity index (χ0v) is 13.7. The normalized spacial score (nSPS) is 17.7. The number of aliphatic hydroxyl groups is 1. The quantitative estimate of drug-likeness (QED) is 0.922. The fourth-order valence-electron chi connectivity index (χ4n) is 2.40. The highest BCUT2D eigenvalue weighted by molar-refractivity contribution is 5.93. The maximum absolute atomic E-state index is 12.3. The molecule has 1 fully saturated rings. The van der Waals surface area contributed by atoms with E-state index in [1.54, 1.807) is 15.6 Å². The summed E-state index contributed by atoms with van der Waals surface area (Å²) in [6.45, 7) is 9.11. The fraction of sp³-hybridized carbons (Fsp3) is 0.562. The van der Waals surface area contributed by atoms with Crippen molar-refractivity contribution in [3.8, 4) is 0 Å². The van der Waals surface area contributed by atoms with Gasteiger partial charge in [-0.25, -0.2) is 9.50 Å². The Balaban J connectivity index is 0.000000847. The summed E-state index contributed by atoms with van der Waals surface area (Å²) in [4.78, 5) is 18.2. The molecule has 3 rings (SSSR count). The molecule has 0 saturated carbocycles. The third-order valence-corrected chi connectivity index (χ3v) is 3.60. The van der Waals surface area contributed by atoms with E-state index in [1.165, 1.54) is 0 Å². The van der Waals surface area contributed by atoms with Crippen molar-refractivity contribution in [2.24, 2.45) is 0 Å². The van der Waals surface area contributed by atoms with E-state index in [1.807, 2.05) is 26.0 Å². The van der Waals surface area contributed by atoms with Gasteiger partial charge in [0.25, 0.3) is 5.91 Å². The molecule has 0 aromatic carbocycles. The molecule has 0 bridgehead atoms. The van der Waals surface area contributed by atoms with E-state index in [4.69, 9.17) is 0 Å². The van der Waals surface area contributed by atoms with Crippen LogP contribution in [0.2, 0.25) is 0 Å². The Morgan fingerprint density at radius 3 is 2.68 bits per heavy atom. The number of fused-ring (bicyclic) bond motifs is 1. The van der Waals surface area contributed by atoms with Crippen LogP contribution in [-0.4, -0.2) is 49.7 Å². The third kappa shape index (κ3) is 3.27. The molecule has 1 aliphatic rings. The number of carbonyl (C=O) groups excluding carboxylic acids is 1. The second-order valence-electron chi connectivity index (χ2n) is 5.54. The number of amides is 1. The second-order valence-corrected chi connectivity index (χ2v) is 5.54. The standard InChI is InChI=1S/C14H18N4O2.C2H6/c1-9(2)11-3-4-13-15-12(8-18(13)16-11)14(20)17-6-5-10(19)7-17;1-2/h3-4,8-10,19H,5-7H2,1-2H3;1-2H3. The first kappa shape index (κ1) is 16.4. The smallest absolute Gasteiger partial charge is 0.274 e. The average Bonchev–Trinajstić information content (AvgIpc) is 3.13. The largest absolute Gasteiger partial charge is 0.391 e. The van der Waals surface area contributed by atoms with Crippen molar-refractivity contribution >= 4 is 11.6 Å². The molecule has 1 unspecified atom stereocenters. The predicted molar refractivity (Wildman–Crippen MR) is 85.0 cm³/mol. The van der Waals surface area contributed by atoms with Crippen LogP contribution in [0.4, 0.5) is 0 Å². The zero-order valence-electron chi connectivity index (χ0n) is 13.7. The molecular formula is C16H24N4O2. The topological polar surface area (TPSA) is 70.7 Å². The van der Waals surface area contributed by atoms with Gasteiger partial charge in [0.2, 0.25) is 0 Å². The third-order valence-electron chi connectivity index (χ3n) is 3.60. The number of aromatic nitrogens is 3. The van der Waals surface area contributed by atoms with Crippen molar-refractivity contribution in [2.75, 3.05) is 13.1 Å². The van der Waals surface area contributed by atoms with Gasteiger partial charge in [-0.3, -0.25) is 4.79 Å². The first-order valence-electron chi connectivity index (χ1n) is 7.88.